The molecule has 2 saturated heterocycles. The molecule has 8 rings (SSSR count). The van der Waals surface area contributed by atoms with Crippen LogP contribution in [0.25, 0.3) is 0 Å². The summed E-state index contributed by atoms with van der Waals surface area (Å²) in [6.07, 6.45) is 6.74. The summed E-state index contributed by atoms with van der Waals surface area (Å²) in [5.41, 5.74) is 3.25. The smallest absolute Gasteiger partial charge is 0.272 e. The van der Waals surface area contributed by atoms with Gasteiger partial charge in [0.2, 0.25) is 10.0 Å². The topological polar surface area (TPSA) is 97.4 Å². The number of aryl methyl sites for hydroxylation is 1. The molecule has 13 heteroatoms. The Morgan fingerprint density at radius 1 is 0.942 bits per heavy atom. The summed E-state index contributed by atoms with van der Waals surface area (Å²) in [6.45, 7) is 5.66. The zero-order chi connectivity index (χ0) is 36.4. The Kier molecular flexibility index (Phi) is 9.79. The van der Waals surface area contributed by atoms with Crippen molar-refractivity contribution in [3.63, 3.8) is 0 Å². The Morgan fingerprint density at radius 3 is 2.46 bits per heavy atom. The van der Waals surface area contributed by atoms with Crippen LogP contribution < -0.4 is 14.4 Å². The van der Waals surface area contributed by atoms with Crippen LogP contribution in [0, 0.1) is 23.7 Å². The van der Waals surface area contributed by atoms with Crippen molar-refractivity contribution in [2.24, 2.45) is 23.7 Å². The predicted molar refractivity (Wildman–Crippen MR) is 195 cm³/mol. The van der Waals surface area contributed by atoms with Crippen LogP contribution in [0.2, 0.25) is 5.02 Å². The second-order valence-corrected chi connectivity index (χ2v) is 19.0. The highest BCUT2D eigenvalue weighted by atomic mass is 35.5. The normalized spacial score (nSPS) is 36.2. The van der Waals surface area contributed by atoms with Gasteiger partial charge >= 0.3 is 0 Å². The summed E-state index contributed by atoms with van der Waals surface area (Å²) < 4.78 is 76.1. The van der Waals surface area contributed by atoms with E-state index in [1.54, 1.807) is 30.0 Å². The van der Waals surface area contributed by atoms with E-state index in [2.05, 4.69) is 21.8 Å². The molecular formula is C39H50ClF2N3O6S. The van der Waals surface area contributed by atoms with Crippen LogP contribution in [0.4, 0.5) is 14.5 Å². The zero-order valence-corrected chi connectivity index (χ0v) is 31.6. The lowest BCUT2D eigenvalue weighted by atomic mass is 9.64. The number of amides is 1. The van der Waals surface area contributed by atoms with E-state index in [1.807, 2.05) is 13.0 Å². The molecular weight excluding hydrogens is 712 g/mol. The number of hydrogen-bond acceptors (Lipinski definition) is 8. The van der Waals surface area contributed by atoms with Crippen molar-refractivity contribution in [1.82, 2.24) is 9.62 Å². The minimum Gasteiger partial charge on any atom is -0.490 e. The molecule has 284 valence electrons. The van der Waals surface area contributed by atoms with E-state index < -0.39 is 33.4 Å². The highest BCUT2D eigenvalue weighted by Crippen LogP contribution is 2.49. The summed E-state index contributed by atoms with van der Waals surface area (Å²) in [4.78, 5) is 17.7. The molecule has 6 atom stereocenters. The maximum atomic E-state index is 13.6. The molecule has 2 aromatic rings. The predicted octanol–water partition coefficient (Wildman–Crippen LogP) is 6.42. The van der Waals surface area contributed by atoms with Gasteiger partial charge in [0.1, 0.15) is 5.75 Å². The molecule has 2 bridgehead atoms. The van der Waals surface area contributed by atoms with Gasteiger partial charge in [0, 0.05) is 35.0 Å². The third kappa shape index (κ3) is 6.95. The number of nitrogens with zero attached hydrogens (tertiary/aromatic N) is 2. The number of fused-ring (bicyclic) bond motifs is 4. The Balaban J connectivity index is 1.13. The van der Waals surface area contributed by atoms with Crippen molar-refractivity contribution < 1.29 is 36.2 Å². The van der Waals surface area contributed by atoms with Gasteiger partial charge in [-0.25, -0.2) is 21.9 Å². The van der Waals surface area contributed by atoms with Gasteiger partial charge in [0.05, 0.1) is 49.9 Å². The van der Waals surface area contributed by atoms with Crippen molar-refractivity contribution in [2.45, 2.75) is 94.1 Å². The number of rotatable bonds is 2. The van der Waals surface area contributed by atoms with Gasteiger partial charge in [-0.3, -0.25) is 9.69 Å². The quantitative estimate of drug-likeness (QED) is 0.375. The number of carbonyl (C=O) groups is 1. The Bertz CT molecular complexity index is 1780. The SMILES string of the molecule is C[C@@H]1[C@@H](C)CCC[C@H]([C@H]2OC[C@@H](N3CC(F)(F)C3)CO2)[C@@H]2CC[C@H]2CN2C[C@@]3(CCCc4cc(Cl)ccc43)COc3ccc(cc32)C(=O)NS1(=O)=O. The fraction of sp³-hybridized carbons (Fsp3) is 0.667. The average molecular weight is 762 g/mol. The summed E-state index contributed by atoms with van der Waals surface area (Å²) in [5, 5.41) is -0.0603. The van der Waals surface area contributed by atoms with E-state index in [0.717, 1.165) is 62.2 Å². The lowest BCUT2D eigenvalue weighted by molar-refractivity contribution is -0.260. The van der Waals surface area contributed by atoms with Crippen LogP contribution >= 0.6 is 11.6 Å². The van der Waals surface area contributed by atoms with Crippen LogP contribution in [-0.2, 0) is 31.3 Å². The number of ether oxygens (including phenoxy) is 3. The molecule has 1 N–H and O–H groups in total. The minimum atomic E-state index is -3.96. The summed E-state index contributed by atoms with van der Waals surface area (Å²) in [5.74, 6) is -2.11. The third-order valence-corrected chi connectivity index (χ3v) is 15.3. The summed E-state index contributed by atoms with van der Waals surface area (Å²) in [7, 11) is -3.96. The van der Waals surface area contributed by atoms with Crippen molar-refractivity contribution in [2.75, 3.05) is 50.9 Å². The first kappa shape index (κ1) is 36.5. The van der Waals surface area contributed by atoms with Gasteiger partial charge in [0.15, 0.2) is 6.29 Å². The molecule has 0 unspecified atom stereocenters. The van der Waals surface area contributed by atoms with E-state index in [1.165, 1.54) is 11.1 Å². The van der Waals surface area contributed by atoms with E-state index in [4.69, 9.17) is 25.8 Å². The van der Waals surface area contributed by atoms with Gasteiger partial charge in [-0.2, -0.15) is 0 Å². The second-order valence-electron chi connectivity index (χ2n) is 16.5. The van der Waals surface area contributed by atoms with E-state index >= 15 is 0 Å². The number of hydrogen-bond donors (Lipinski definition) is 1. The molecule has 9 nitrogen and oxygen atoms in total. The monoisotopic (exact) mass is 761 g/mol. The zero-order valence-electron chi connectivity index (χ0n) is 30.0. The number of halogens is 3. The molecule has 0 radical (unpaired) electrons. The molecule has 2 aromatic carbocycles. The molecule has 1 amide bonds. The second kappa shape index (κ2) is 14.0. The molecule has 52 heavy (non-hydrogen) atoms. The van der Waals surface area contributed by atoms with Crippen LogP contribution in [0.15, 0.2) is 36.4 Å². The van der Waals surface area contributed by atoms with Crippen LogP contribution in [0.5, 0.6) is 5.75 Å². The first-order valence-electron chi connectivity index (χ1n) is 19.0. The van der Waals surface area contributed by atoms with Crippen molar-refractivity contribution >= 4 is 33.2 Å². The van der Waals surface area contributed by atoms with Gasteiger partial charge in [-0.05, 0) is 111 Å². The highest BCUT2D eigenvalue weighted by Gasteiger charge is 2.50. The van der Waals surface area contributed by atoms with Gasteiger partial charge in [-0.1, -0.05) is 31.0 Å². The van der Waals surface area contributed by atoms with Crippen molar-refractivity contribution in [3.8, 4) is 5.75 Å². The Morgan fingerprint density at radius 2 is 1.73 bits per heavy atom. The lowest BCUT2D eigenvalue weighted by Gasteiger charge is -2.50. The van der Waals surface area contributed by atoms with Crippen LogP contribution in [0.3, 0.4) is 0 Å². The average Bonchev–Trinajstić information content (AvgIpc) is 3.24. The first-order chi connectivity index (χ1) is 24.8. The molecule has 1 saturated carbocycles. The van der Waals surface area contributed by atoms with E-state index in [0.29, 0.717) is 50.4 Å². The molecule has 4 aliphatic heterocycles. The summed E-state index contributed by atoms with van der Waals surface area (Å²) >= 11 is 6.46. The summed E-state index contributed by atoms with van der Waals surface area (Å²) in [6, 6.07) is 11.2. The largest absolute Gasteiger partial charge is 0.490 e. The number of likely N-dealkylation sites (tertiary alicyclic amines) is 1. The van der Waals surface area contributed by atoms with Crippen LogP contribution in [0.1, 0.15) is 80.3 Å². The van der Waals surface area contributed by atoms with Crippen LogP contribution in [-0.4, -0.2) is 88.7 Å². The van der Waals surface area contributed by atoms with Crippen molar-refractivity contribution in [1.29, 1.82) is 0 Å². The molecule has 6 aliphatic rings. The molecule has 1 spiro atoms. The fourth-order valence-corrected chi connectivity index (χ4v) is 11.2. The first-order valence-corrected chi connectivity index (χ1v) is 20.9. The third-order valence-electron chi connectivity index (χ3n) is 13.1. The Hall–Kier alpha value is -2.51. The fourth-order valence-electron chi connectivity index (χ4n) is 9.74. The number of anilines is 1. The number of carbonyl (C=O) groups excluding carboxylic acids is 1. The van der Waals surface area contributed by atoms with E-state index in [9.17, 15) is 22.0 Å². The maximum absolute atomic E-state index is 13.6. The molecule has 0 aromatic heterocycles. The lowest BCUT2D eigenvalue weighted by Crippen LogP contribution is -2.63. The number of alkyl halides is 2. The molecule has 3 fully saturated rings. The number of nitrogens with one attached hydrogen (secondary N) is 1. The molecule has 2 aliphatic carbocycles. The molecule has 4 heterocycles. The van der Waals surface area contributed by atoms with Gasteiger partial charge in [0.25, 0.3) is 11.8 Å². The van der Waals surface area contributed by atoms with Gasteiger partial charge < -0.3 is 19.1 Å². The van der Waals surface area contributed by atoms with E-state index in [-0.39, 0.29) is 41.9 Å². The number of benzene rings is 2. The van der Waals surface area contributed by atoms with Gasteiger partial charge in [-0.15, -0.1) is 0 Å². The number of sulfonamides is 1. The van der Waals surface area contributed by atoms with Crippen molar-refractivity contribution in [3.05, 3.63) is 58.1 Å². The standard InChI is InChI=1S/C39H50ClF2N3O6S/c1-24-5-3-7-32(37-49-18-30(19-50-37)45-21-39(41,42)22-45)31-11-8-28(31)17-44-20-38(14-4-6-26-15-29(40)10-12-33(26)38)23-51-35-13-9-27(16-34(35)44)36(46)43-52(47,48)25(24)2/h9-10,12-13,15-16,24-25,28,30-32,37H,3-8,11,14,17-23H2,1-2H3,(H,43,46)/t24-,25+,28-,30-,31+,32-,37+,38-/m0/s1. The highest BCUT2D eigenvalue weighted by molar-refractivity contribution is 7.90. The minimum absolute atomic E-state index is 0.0739. The Labute approximate surface area is 310 Å². The maximum Gasteiger partial charge on any atom is 0.272 e.